The molecule has 234 valence electrons. The molecule has 0 radical (unpaired) electrons. The van der Waals surface area contributed by atoms with E-state index in [2.05, 4.69) is 90.1 Å². The first-order chi connectivity index (χ1) is 20.9. The molecule has 0 aliphatic rings. The minimum atomic E-state index is -0.412. The summed E-state index contributed by atoms with van der Waals surface area (Å²) in [6, 6.07) is 3.44. The molecule has 1 N–H and O–H groups in total. The van der Waals surface area contributed by atoms with E-state index < -0.39 is 10.7 Å². The molecule has 1 aromatic heterocycles. The van der Waals surface area contributed by atoms with Crippen molar-refractivity contribution in [2.24, 2.45) is 5.92 Å². The predicted molar refractivity (Wildman–Crippen MR) is 187 cm³/mol. The molecule has 0 saturated carbocycles. The largest absolute Gasteiger partial charge is 0.355 e. The van der Waals surface area contributed by atoms with Crippen LogP contribution >= 0.6 is 21.6 Å². The summed E-state index contributed by atoms with van der Waals surface area (Å²) >= 11 is 0. The Morgan fingerprint density at radius 1 is 0.884 bits per heavy atom. The Hall–Kier alpha value is -2.90. The van der Waals surface area contributed by atoms with Crippen molar-refractivity contribution in [1.82, 2.24) is 10.3 Å². The summed E-state index contributed by atoms with van der Waals surface area (Å²) in [6.07, 6.45) is 37.3. The van der Waals surface area contributed by atoms with E-state index in [9.17, 15) is 14.4 Å². The standard InChI is InChI=1S/C36H50N2O3S2/c1-4-5-6-7-8-9-10-11-12-13-14-15-16-17-18-19-20-21-22-25-35(41)38-27-28-42-43-36(2,3)33(31-39)29-34(40)32-24-23-26-37-30-32/h5-6,8-9,11-12,14-15,17-18,20-21,23-24,26,30-31,33H,4,7,10,13,16,19,22,25,27-29H2,1-3H3,(H,38,41)/b6-5-,9-8-,12-11-,15-14-,18-17-,21-20-/t33-/m1/s1. The highest BCUT2D eigenvalue weighted by Crippen LogP contribution is 2.41. The van der Waals surface area contributed by atoms with Crippen LogP contribution in [0, 0.1) is 5.92 Å². The number of amides is 1. The van der Waals surface area contributed by atoms with E-state index in [0.717, 1.165) is 57.0 Å². The van der Waals surface area contributed by atoms with Gasteiger partial charge in [-0.2, -0.15) is 0 Å². The molecule has 5 nitrogen and oxygen atoms in total. The smallest absolute Gasteiger partial charge is 0.220 e. The number of allylic oxidation sites excluding steroid dienone is 12. The zero-order valence-corrected chi connectivity index (χ0v) is 27.8. The Bertz CT molecular complexity index is 1090. The summed E-state index contributed by atoms with van der Waals surface area (Å²) in [5, 5.41) is 2.95. The number of hydrogen-bond acceptors (Lipinski definition) is 6. The average Bonchev–Trinajstić information content (AvgIpc) is 3.01. The molecular formula is C36H50N2O3S2. The van der Waals surface area contributed by atoms with E-state index in [1.54, 1.807) is 39.9 Å². The first kappa shape index (κ1) is 38.1. The van der Waals surface area contributed by atoms with Crippen LogP contribution in [0.5, 0.6) is 0 Å². The van der Waals surface area contributed by atoms with Crippen LogP contribution in [0.4, 0.5) is 0 Å². The number of hydrogen-bond donors (Lipinski definition) is 1. The molecule has 1 amide bonds. The lowest BCUT2D eigenvalue weighted by Crippen LogP contribution is -2.30. The molecule has 43 heavy (non-hydrogen) atoms. The van der Waals surface area contributed by atoms with Crippen LogP contribution in [0.3, 0.4) is 0 Å². The monoisotopic (exact) mass is 622 g/mol. The van der Waals surface area contributed by atoms with Gasteiger partial charge in [-0.05, 0) is 70.9 Å². The minimum Gasteiger partial charge on any atom is -0.355 e. The molecule has 1 rings (SSSR count). The molecule has 1 atom stereocenters. The molecule has 7 heteroatoms. The average molecular weight is 623 g/mol. The number of pyridine rings is 1. The van der Waals surface area contributed by atoms with E-state index in [1.807, 2.05) is 13.8 Å². The van der Waals surface area contributed by atoms with Gasteiger partial charge in [0.2, 0.25) is 5.91 Å². The van der Waals surface area contributed by atoms with E-state index in [4.69, 9.17) is 0 Å². The van der Waals surface area contributed by atoms with Crippen LogP contribution in [0.1, 0.15) is 88.9 Å². The van der Waals surface area contributed by atoms with Gasteiger partial charge < -0.3 is 10.1 Å². The number of rotatable bonds is 24. The molecule has 1 heterocycles. The lowest BCUT2D eigenvalue weighted by atomic mass is 9.90. The summed E-state index contributed by atoms with van der Waals surface area (Å²) in [6.45, 7) is 6.67. The molecule has 0 aliphatic carbocycles. The Labute approximate surface area is 268 Å². The van der Waals surface area contributed by atoms with Crippen LogP contribution in [-0.2, 0) is 9.59 Å². The molecule has 0 aromatic carbocycles. The summed E-state index contributed by atoms with van der Waals surface area (Å²) in [5.41, 5.74) is 0.523. The second-order valence-electron chi connectivity index (χ2n) is 10.4. The number of aromatic nitrogens is 1. The fourth-order valence-corrected chi connectivity index (χ4v) is 6.35. The van der Waals surface area contributed by atoms with Gasteiger partial charge >= 0.3 is 0 Å². The highest BCUT2D eigenvalue weighted by molar-refractivity contribution is 8.77. The Morgan fingerprint density at radius 2 is 1.44 bits per heavy atom. The van der Waals surface area contributed by atoms with Gasteiger partial charge in [0.1, 0.15) is 6.29 Å². The molecule has 1 aromatic rings. The lowest BCUT2D eigenvalue weighted by Gasteiger charge is -2.29. The van der Waals surface area contributed by atoms with E-state index in [-0.39, 0.29) is 18.1 Å². The van der Waals surface area contributed by atoms with Gasteiger partial charge in [0.05, 0.1) is 0 Å². The molecule has 0 unspecified atom stereocenters. The Kier molecular flexibility index (Phi) is 22.7. The third-order valence-electron chi connectivity index (χ3n) is 6.36. The van der Waals surface area contributed by atoms with Crippen molar-refractivity contribution in [1.29, 1.82) is 0 Å². The van der Waals surface area contributed by atoms with Crippen molar-refractivity contribution in [2.75, 3.05) is 12.3 Å². The number of Topliss-reactive ketones (excluding diaryl/α,β-unsaturated/α-hetero) is 1. The van der Waals surface area contributed by atoms with Gasteiger partial charge in [-0.15, -0.1) is 0 Å². The van der Waals surface area contributed by atoms with E-state index in [1.165, 1.54) is 6.20 Å². The van der Waals surface area contributed by atoms with Gasteiger partial charge in [-0.25, -0.2) is 0 Å². The lowest BCUT2D eigenvalue weighted by molar-refractivity contribution is -0.120. The molecule has 0 spiro atoms. The van der Waals surface area contributed by atoms with Crippen LogP contribution in [0.2, 0.25) is 0 Å². The number of ketones is 1. The first-order valence-electron chi connectivity index (χ1n) is 15.3. The number of nitrogens with one attached hydrogen (secondary N) is 1. The van der Waals surface area contributed by atoms with Crippen molar-refractivity contribution in [2.45, 2.75) is 83.3 Å². The normalized spacial score (nSPS) is 13.4. The molecule has 0 saturated heterocycles. The van der Waals surface area contributed by atoms with Crippen molar-refractivity contribution >= 4 is 39.6 Å². The van der Waals surface area contributed by atoms with E-state index >= 15 is 0 Å². The first-order valence-corrected chi connectivity index (χ1v) is 17.6. The Morgan fingerprint density at radius 3 is 1.95 bits per heavy atom. The number of aldehydes is 1. The SMILES string of the molecule is CC/C=C\C/C=C\C/C=C\C/C=C\C/C=C\C/C=C\CCC(=O)NCCSSC(C)(C)[C@@H](C=O)CC(=O)c1cccnc1. The summed E-state index contributed by atoms with van der Waals surface area (Å²) in [5.74, 6) is 0.274. The topological polar surface area (TPSA) is 76.1 Å². The second kappa shape index (κ2) is 25.6. The maximum Gasteiger partial charge on any atom is 0.220 e. The van der Waals surface area contributed by atoms with Crippen LogP contribution in [-0.4, -0.2) is 40.0 Å². The fraction of sp³-hybridized carbons (Fsp3) is 0.444. The van der Waals surface area contributed by atoms with Crippen molar-refractivity contribution in [3.05, 3.63) is 103 Å². The summed E-state index contributed by atoms with van der Waals surface area (Å²) < 4.78 is -0.412. The predicted octanol–water partition coefficient (Wildman–Crippen LogP) is 9.22. The zero-order chi connectivity index (χ0) is 31.4. The quantitative estimate of drug-likeness (QED) is 0.0407. The summed E-state index contributed by atoms with van der Waals surface area (Å²) in [7, 11) is 3.19. The van der Waals surface area contributed by atoms with Crippen molar-refractivity contribution in [3.63, 3.8) is 0 Å². The second-order valence-corrected chi connectivity index (χ2v) is 13.5. The fourth-order valence-electron chi connectivity index (χ4n) is 3.73. The molecule has 0 bridgehead atoms. The van der Waals surface area contributed by atoms with Crippen molar-refractivity contribution in [3.8, 4) is 0 Å². The van der Waals surface area contributed by atoms with Crippen LogP contribution in [0.15, 0.2) is 97.4 Å². The van der Waals surface area contributed by atoms with Gasteiger partial charge in [0.15, 0.2) is 5.78 Å². The maximum atomic E-state index is 12.5. The minimum absolute atomic E-state index is 0.0391. The molecule has 0 fully saturated rings. The third-order valence-corrected chi connectivity index (χ3v) is 9.73. The van der Waals surface area contributed by atoms with Crippen LogP contribution in [0.25, 0.3) is 0 Å². The molecule has 0 aliphatic heterocycles. The maximum absolute atomic E-state index is 12.5. The highest BCUT2D eigenvalue weighted by Gasteiger charge is 2.32. The van der Waals surface area contributed by atoms with Gasteiger partial charge in [-0.1, -0.05) is 101 Å². The highest BCUT2D eigenvalue weighted by atomic mass is 33.1. The number of carbonyl (C=O) groups is 3. The van der Waals surface area contributed by atoms with Crippen molar-refractivity contribution < 1.29 is 14.4 Å². The Balaban J connectivity index is 2.09. The summed E-state index contributed by atoms with van der Waals surface area (Å²) in [4.78, 5) is 40.3. The third kappa shape index (κ3) is 20.6. The van der Waals surface area contributed by atoms with Gasteiger partial charge in [0, 0.05) is 53.8 Å². The van der Waals surface area contributed by atoms with Crippen LogP contribution < -0.4 is 5.32 Å². The van der Waals surface area contributed by atoms with Gasteiger partial charge in [0.25, 0.3) is 0 Å². The molecular weight excluding hydrogens is 573 g/mol. The number of carbonyl (C=O) groups excluding carboxylic acids is 3. The van der Waals surface area contributed by atoms with Gasteiger partial charge in [-0.3, -0.25) is 14.6 Å². The van der Waals surface area contributed by atoms with E-state index in [0.29, 0.717) is 18.5 Å². The number of nitrogens with zero attached hydrogens (tertiary/aromatic N) is 1. The zero-order valence-electron chi connectivity index (χ0n) is 26.2.